The standard InChI is InChI=1S/C9H7ClF3NO3/c10-6-4(14)2-1-3(9(11,12)13)5(6)7(15)8(16)17/h1-2,7,15H,14H2,(H,16,17). The molecule has 1 rings (SSSR count). The van der Waals surface area contributed by atoms with Gasteiger partial charge >= 0.3 is 12.1 Å². The van der Waals surface area contributed by atoms with Crippen LogP contribution in [-0.2, 0) is 11.0 Å². The molecule has 0 heterocycles. The summed E-state index contributed by atoms with van der Waals surface area (Å²) in [6.07, 6.45) is -7.22. The molecule has 0 saturated heterocycles. The summed E-state index contributed by atoms with van der Waals surface area (Å²) in [5, 5.41) is 17.1. The first-order valence-electron chi connectivity index (χ1n) is 4.22. The van der Waals surface area contributed by atoms with Gasteiger partial charge in [0.05, 0.1) is 16.3 Å². The highest BCUT2D eigenvalue weighted by molar-refractivity contribution is 6.34. The molecule has 4 nitrogen and oxygen atoms in total. The summed E-state index contributed by atoms with van der Waals surface area (Å²) in [6.45, 7) is 0. The van der Waals surface area contributed by atoms with Crippen molar-refractivity contribution in [2.45, 2.75) is 12.3 Å². The number of aliphatic hydroxyl groups is 1. The molecule has 0 fully saturated rings. The molecule has 0 spiro atoms. The maximum atomic E-state index is 12.6. The number of rotatable bonds is 2. The van der Waals surface area contributed by atoms with Gasteiger partial charge in [0.25, 0.3) is 0 Å². The highest BCUT2D eigenvalue weighted by Crippen LogP contribution is 2.40. The first-order chi connectivity index (χ1) is 7.66. The Hall–Kier alpha value is -1.47. The maximum Gasteiger partial charge on any atom is 0.416 e. The lowest BCUT2D eigenvalue weighted by atomic mass is 10.0. The van der Waals surface area contributed by atoms with E-state index >= 15 is 0 Å². The minimum Gasteiger partial charge on any atom is -0.479 e. The highest BCUT2D eigenvalue weighted by Gasteiger charge is 2.38. The number of carboxylic acids is 1. The maximum absolute atomic E-state index is 12.6. The fraction of sp³-hybridized carbons (Fsp3) is 0.222. The van der Waals surface area contributed by atoms with Gasteiger partial charge in [0.15, 0.2) is 6.10 Å². The number of anilines is 1. The average molecular weight is 270 g/mol. The Bertz CT molecular complexity index is 462. The number of carbonyl (C=O) groups is 1. The van der Waals surface area contributed by atoms with Gasteiger partial charge in [0, 0.05) is 5.56 Å². The average Bonchev–Trinajstić information content (AvgIpc) is 2.19. The van der Waals surface area contributed by atoms with Crippen LogP contribution in [0.15, 0.2) is 12.1 Å². The smallest absolute Gasteiger partial charge is 0.416 e. The van der Waals surface area contributed by atoms with E-state index in [-0.39, 0.29) is 5.69 Å². The third-order valence-corrected chi connectivity index (χ3v) is 2.44. The van der Waals surface area contributed by atoms with Gasteiger partial charge < -0.3 is 15.9 Å². The van der Waals surface area contributed by atoms with E-state index in [1.807, 2.05) is 0 Å². The number of aliphatic hydroxyl groups excluding tert-OH is 1. The van der Waals surface area contributed by atoms with E-state index < -0.39 is 34.4 Å². The lowest BCUT2D eigenvalue weighted by molar-refractivity contribution is -0.149. The normalized spacial score (nSPS) is 13.5. The first kappa shape index (κ1) is 13.6. The second-order valence-electron chi connectivity index (χ2n) is 3.17. The molecule has 8 heteroatoms. The fourth-order valence-electron chi connectivity index (χ4n) is 1.25. The molecule has 0 aromatic heterocycles. The molecule has 0 aliphatic heterocycles. The molecule has 17 heavy (non-hydrogen) atoms. The van der Waals surface area contributed by atoms with Crippen molar-refractivity contribution in [2.24, 2.45) is 0 Å². The monoisotopic (exact) mass is 269 g/mol. The van der Waals surface area contributed by atoms with Crippen LogP contribution in [0.25, 0.3) is 0 Å². The number of benzene rings is 1. The Morgan fingerprint density at radius 1 is 1.41 bits per heavy atom. The zero-order valence-electron chi connectivity index (χ0n) is 8.12. The van der Waals surface area contributed by atoms with Crippen LogP contribution in [0.4, 0.5) is 18.9 Å². The number of hydrogen-bond donors (Lipinski definition) is 3. The zero-order valence-corrected chi connectivity index (χ0v) is 8.88. The first-order valence-corrected chi connectivity index (χ1v) is 4.60. The minimum absolute atomic E-state index is 0.241. The topological polar surface area (TPSA) is 83.5 Å². The Morgan fingerprint density at radius 2 is 1.94 bits per heavy atom. The van der Waals surface area contributed by atoms with E-state index in [0.29, 0.717) is 6.07 Å². The van der Waals surface area contributed by atoms with Gasteiger partial charge in [0.2, 0.25) is 0 Å². The summed E-state index contributed by atoms with van der Waals surface area (Å²) in [5.41, 5.74) is 2.75. The second-order valence-corrected chi connectivity index (χ2v) is 3.55. The molecule has 1 aromatic rings. The van der Waals surface area contributed by atoms with Crippen LogP contribution in [-0.4, -0.2) is 16.2 Å². The van der Waals surface area contributed by atoms with Gasteiger partial charge in [-0.25, -0.2) is 4.79 Å². The number of alkyl halides is 3. The summed E-state index contributed by atoms with van der Waals surface area (Å²) in [6, 6.07) is 1.46. The predicted molar refractivity (Wildman–Crippen MR) is 53.5 cm³/mol. The Kier molecular flexibility index (Phi) is 3.53. The molecule has 1 unspecified atom stereocenters. The van der Waals surface area contributed by atoms with Gasteiger partial charge in [-0.3, -0.25) is 0 Å². The van der Waals surface area contributed by atoms with Gasteiger partial charge in [-0.2, -0.15) is 13.2 Å². The van der Waals surface area contributed by atoms with E-state index in [1.54, 1.807) is 0 Å². The Labute approximate surface area is 98.4 Å². The van der Waals surface area contributed by atoms with Crippen LogP contribution < -0.4 is 5.73 Å². The highest BCUT2D eigenvalue weighted by atomic mass is 35.5. The molecule has 4 N–H and O–H groups in total. The van der Waals surface area contributed by atoms with Crippen molar-refractivity contribution in [3.63, 3.8) is 0 Å². The lowest BCUT2D eigenvalue weighted by Crippen LogP contribution is -2.18. The fourth-order valence-corrected chi connectivity index (χ4v) is 1.52. The van der Waals surface area contributed by atoms with Crippen molar-refractivity contribution in [3.8, 4) is 0 Å². The number of nitrogens with two attached hydrogens (primary N) is 1. The lowest BCUT2D eigenvalue weighted by Gasteiger charge is -2.17. The number of hydrogen-bond acceptors (Lipinski definition) is 3. The van der Waals surface area contributed by atoms with E-state index in [9.17, 15) is 23.1 Å². The summed E-state index contributed by atoms with van der Waals surface area (Å²) in [4.78, 5) is 10.5. The van der Waals surface area contributed by atoms with Crippen LogP contribution >= 0.6 is 11.6 Å². The quantitative estimate of drug-likeness (QED) is 0.718. The van der Waals surface area contributed by atoms with Crippen molar-refractivity contribution in [1.82, 2.24) is 0 Å². The van der Waals surface area contributed by atoms with E-state index in [2.05, 4.69) is 0 Å². The summed E-state index contributed by atoms with van der Waals surface area (Å²) >= 11 is 5.50. The largest absolute Gasteiger partial charge is 0.479 e. The molecule has 0 amide bonds. The van der Waals surface area contributed by atoms with Crippen LogP contribution in [0, 0.1) is 0 Å². The molecule has 0 saturated carbocycles. The molecule has 1 aromatic carbocycles. The van der Waals surface area contributed by atoms with Crippen molar-refractivity contribution in [2.75, 3.05) is 5.73 Å². The van der Waals surface area contributed by atoms with Crippen molar-refractivity contribution >= 4 is 23.3 Å². The minimum atomic E-state index is -4.83. The predicted octanol–water partition coefficient (Wildman–Crippen LogP) is 2.06. The number of carboxylic acid groups (broad SMARTS) is 1. The molecule has 0 bridgehead atoms. The van der Waals surface area contributed by atoms with Crippen LogP contribution in [0.5, 0.6) is 0 Å². The van der Waals surface area contributed by atoms with Gasteiger partial charge in [-0.05, 0) is 12.1 Å². The summed E-state index contributed by atoms with van der Waals surface area (Å²) in [5.74, 6) is -1.84. The molecule has 1 atom stereocenters. The number of nitrogen functional groups attached to an aromatic ring is 1. The molecule has 0 aliphatic rings. The summed E-state index contributed by atoms with van der Waals surface area (Å²) < 4.78 is 37.7. The third kappa shape index (κ3) is 2.62. The van der Waals surface area contributed by atoms with Gasteiger partial charge in [0.1, 0.15) is 0 Å². The Balaban J connectivity index is 3.53. The molecule has 0 radical (unpaired) electrons. The van der Waals surface area contributed by atoms with E-state index in [4.69, 9.17) is 22.4 Å². The Morgan fingerprint density at radius 3 is 2.35 bits per heavy atom. The van der Waals surface area contributed by atoms with E-state index in [0.717, 1.165) is 6.07 Å². The van der Waals surface area contributed by atoms with E-state index in [1.165, 1.54) is 0 Å². The third-order valence-electron chi connectivity index (χ3n) is 2.02. The van der Waals surface area contributed by atoms with Crippen molar-refractivity contribution < 1.29 is 28.2 Å². The van der Waals surface area contributed by atoms with Crippen LogP contribution in [0.1, 0.15) is 17.2 Å². The van der Waals surface area contributed by atoms with Gasteiger partial charge in [-0.15, -0.1) is 0 Å². The zero-order chi connectivity index (χ0) is 13.4. The van der Waals surface area contributed by atoms with Gasteiger partial charge in [-0.1, -0.05) is 11.6 Å². The molecule has 0 aliphatic carbocycles. The number of aliphatic carboxylic acids is 1. The molecular formula is C9H7ClF3NO3. The summed E-state index contributed by atoms with van der Waals surface area (Å²) in [7, 11) is 0. The van der Waals surface area contributed by atoms with Crippen LogP contribution in [0.3, 0.4) is 0 Å². The number of halogens is 4. The SMILES string of the molecule is Nc1ccc(C(F)(F)F)c(C(O)C(=O)O)c1Cl. The van der Waals surface area contributed by atoms with Crippen molar-refractivity contribution in [3.05, 3.63) is 28.3 Å². The molecular weight excluding hydrogens is 263 g/mol. The second kappa shape index (κ2) is 4.42. The van der Waals surface area contributed by atoms with Crippen LogP contribution in [0.2, 0.25) is 5.02 Å². The molecule has 94 valence electrons. The van der Waals surface area contributed by atoms with Crippen molar-refractivity contribution in [1.29, 1.82) is 0 Å².